The van der Waals surface area contributed by atoms with Crippen LogP contribution in [0.25, 0.3) is 0 Å². The second kappa shape index (κ2) is 8.31. The molecule has 0 spiro atoms. The van der Waals surface area contributed by atoms with Crippen LogP contribution < -0.4 is 0 Å². The second-order valence-electron chi connectivity index (χ2n) is 5.56. The van der Waals surface area contributed by atoms with Crippen LogP contribution in [0.15, 0.2) is 18.2 Å². The minimum atomic E-state index is -0.173. The Morgan fingerprint density at radius 1 is 0.944 bits per heavy atom. The predicted octanol–water partition coefficient (Wildman–Crippen LogP) is 4.57. The number of unbranched alkanes of at least 4 members (excludes halogenated alkanes) is 4. The molecule has 1 aromatic rings. The third-order valence-corrected chi connectivity index (χ3v) is 3.39. The van der Waals surface area contributed by atoms with Crippen molar-refractivity contribution in [2.24, 2.45) is 0 Å². The first-order valence-corrected chi connectivity index (χ1v) is 7.37. The topological polar surface area (TPSA) is 20.2 Å². The van der Waals surface area contributed by atoms with Gasteiger partial charge in [-0.05, 0) is 32.3 Å². The number of aliphatic hydroxyl groups is 1. The Hall–Kier alpha value is -0.820. The van der Waals surface area contributed by atoms with Gasteiger partial charge in [0.1, 0.15) is 0 Å². The van der Waals surface area contributed by atoms with E-state index in [1.807, 2.05) is 0 Å². The number of hydrogen-bond donors (Lipinski definition) is 1. The van der Waals surface area contributed by atoms with Crippen LogP contribution in [-0.4, -0.2) is 11.2 Å². The molecule has 0 saturated heterocycles. The van der Waals surface area contributed by atoms with Crippen molar-refractivity contribution in [1.29, 1.82) is 0 Å². The van der Waals surface area contributed by atoms with Gasteiger partial charge in [-0.2, -0.15) is 0 Å². The van der Waals surface area contributed by atoms with Crippen molar-refractivity contribution < 1.29 is 5.11 Å². The lowest BCUT2D eigenvalue weighted by atomic mass is 9.99. The van der Waals surface area contributed by atoms with E-state index in [0.29, 0.717) is 0 Å². The summed E-state index contributed by atoms with van der Waals surface area (Å²) in [6, 6.07) is 6.56. The molecule has 0 fully saturated rings. The fourth-order valence-electron chi connectivity index (χ4n) is 2.54. The molecule has 0 aliphatic heterocycles. The summed E-state index contributed by atoms with van der Waals surface area (Å²) in [6.07, 6.45) is 7.91. The lowest BCUT2D eigenvalue weighted by molar-refractivity contribution is 0.161. The molecule has 0 saturated carbocycles. The SMILES string of the molecule is CCCCCCCC(O)Cc1cc(C)cc(C)c1. The van der Waals surface area contributed by atoms with Gasteiger partial charge in [0.2, 0.25) is 0 Å². The van der Waals surface area contributed by atoms with Crippen molar-refractivity contribution in [3.8, 4) is 0 Å². The van der Waals surface area contributed by atoms with E-state index in [0.717, 1.165) is 19.3 Å². The molecule has 0 radical (unpaired) electrons. The lowest BCUT2D eigenvalue weighted by Crippen LogP contribution is -2.10. The molecule has 0 bridgehead atoms. The van der Waals surface area contributed by atoms with Gasteiger partial charge < -0.3 is 5.11 Å². The zero-order valence-electron chi connectivity index (χ0n) is 12.2. The average molecular weight is 248 g/mol. The maximum atomic E-state index is 10.0. The van der Waals surface area contributed by atoms with Gasteiger partial charge >= 0.3 is 0 Å². The van der Waals surface area contributed by atoms with Crippen LogP contribution in [0.2, 0.25) is 0 Å². The summed E-state index contributed by atoms with van der Waals surface area (Å²) in [5.41, 5.74) is 3.86. The number of aryl methyl sites for hydroxylation is 2. The summed E-state index contributed by atoms with van der Waals surface area (Å²) in [5, 5.41) is 10.0. The molecular formula is C17H28O. The van der Waals surface area contributed by atoms with E-state index in [1.165, 1.54) is 42.4 Å². The number of aliphatic hydroxyl groups excluding tert-OH is 1. The van der Waals surface area contributed by atoms with Crippen LogP contribution in [0.3, 0.4) is 0 Å². The molecule has 0 heterocycles. The van der Waals surface area contributed by atoms with Crippen LogP contribution >= 0.6 is 0 Å². The van der Waals surface area contributed by atoms with Crippen molar-refractivity contribution in [2.45, 2.75) is 71.8 Å². The monoisotopic (exact) mass is 248 g/mol. The quantitative estimate of drug-likeness (QED) is 0.668. The zero-order valence-corrected chi connectivity index (χ0v) is 12.2. The van der Waals surface area contributed by atoms with Crippen molar-refractivity contribution in [3.63, 3.8) is 0 Å². The summed E-state index contributed by atoms with van der Waals surface area (Å²) >= 11 is 0. The molecule has 0 aliphatic carbocycles. The summed E-state index contributed by atoms with van der Waals surface area (Å²) in [5.74, 6) is 0. The minimum Gasteiger partial charge on any atom is -0.393 e. The lowest BCUT2D eigenvalue weighted by Gasteiger charge is -2.11. The van der Waals surface area contributed by atoms with Crippen molar-refractivity contribution in [2.75, 3.05) is 0 Å². The van der Waals surface area contributed by atoms with E-state index in [2.05, 4.69) is 39.0 Å². The molecule has 1 unspecified atom stereocenters. The summed E-state index contributed by atoms with van der Waals surface area (Å²) in [4.78, 5) is 0. The Morgan fingerprint density at radius 3 is 2.17 bits per heavy atom. The molecule has 1 atom stereocenters. The summed E-state index contributed by atoms with van der Waals surface area (Å²) in [6.45, 7) is 6.47. The Balaban J connectivity index is 2.28. The van der Waals surface area contributed by atoms with Crippen LogP contribution in [0.1, 0.15) is 62.1 Å². The van der Waals surface area contributed by atoms with Gasteiger partial charge in [-0.15, -0.1) is 0 Å². The van der Waals surface area contributed by atoms with E-state index in [-0.39, 0.29) is 6.10 Å². The van der Waals surface area contributed by atoms with Gasteiger partial charge in [0, 0.05) is 0 Å². The highest BCUT2D eigenvalue weighted by molar-refractivity contribution is 5.28. The highest BCUT2D eigenvalue weighted by Gasteiger charge is 2.06. The largest absolute Gasteiger partial charge is 0.393 e. The first kappa shape index (κ1) is 15.2. The molecule has 0 aliphatic rings. The molecule has 1 N–H and O–H groups in total. The molecular weight excluding hydrogens is 220 g/mol. The van der Waals surface area contributed by atoms with Crippen LogP contribution in [0, 0.1) is 13.8 Å². The fourth-order valence-corrected chi connectivity index (χ4v) is 2.54. The van der Waals surface area contributed by atoms with Gasteiger partial charge in [-0.25, -0.2) is 0 Å². The number of benzene rings is 1. The molecule has 0 aromatic heterocycles. The molecule has 102 valence electrons. The van der Waals surface area contributed by atoms with Crippen LogP contribution in [-0.2, 0) is 6.42 Å². The molecule has 1 aromatic carbocycles. The highest BCUT2D eigenvalue weighted by Crippen LogP contribution is 2.14. The van der Waals surface area contributed by atoms with Crippen molar-refractivity contribution >= 4 is 0 Å². The van der Waals surface area contributed by atoms with Gasteiger partial charge in [0.25, 0.3) is 0 Å². The predicted molar refractivity (Wildman–Crippen MR) is 79.0 cm³/mol. The molecule has 1 heteroatoms. The number of hydrogen-bond acceptors (Lipinski definition) is 1. The van der Waals surface area contributed by atoms with Crippen LogP contribution in [0.4, 0.5) is 0 Å². The second-order valence-corrected chi connectivity index (χ2v) is 5.56. The van der Waals surface area contributed by atoms with Gasteiger partial charge in [0.15, 0.2) is 0 Å². The van der Waals surface area contributed by atoms with Gasteiger partial charge in [-0.1, -0.05) is 68.4 Å². The van der Waals surface area contributed by atoms with E-state index < -0.39 is 0 Å². The third-order valence-electron chi connectivity index (χ3n) is 3.39. The Kier molecular flexibility index (Phi) is 7.04. The van der Waals surface area contributed by atoms with E-state index >= 15 is 0 Å². The standard InChI is InChI=1S/C17H28O/c1-4-5-6-7-8-9-17(18)13-16-11-14(2)10-15(3)12-16/h10-12,17-18H,4-9,13H2,1-3H3. The Morgan fingerprint density at radius 2 is 1.56 bits per heavy atom. The Bertz CT molecular complexity index is 323. The normalized spacial score (nSPS) is 12.7. The number of rotatable bonds is 8. The molecule has 1 nitrogen and oxygen atoms in total. The molecule has 0 amide bonds. The minimum absolute atomic E-state index is 0.173. The van der Waals surface area contributed by atoms with Crippen molar-refractivity contribution in [3.05, 3.63) is 34.9 Å². The fraction of sp³-hybridized carbons (Fsp3) is 0.647. The summed E-state index contributed by atoms with van der Waals surface area (Å²) < 4.78 is 0. The molecule has 1 rings (SSSR count). The molecule has 18 heavy (non-hydrogen) atoms. The van der Waals surface area contributed by atoms with E-state index in [4.69, 9.17) is 0 Å². The maximum Gasteiger partial charge on any atom is 0.0580 e. The zero-order chi connectivity index (χ0) is 13.4. The van der Waals surface area contributed by atoms with Crippen molar-refractivity contribution in [1.82, 2.24) is 0 Å². The van der Waals surface area contributed by atoms with Crippen LogP contribution in [0.5, 0.6) is 0 Å². The highest BCUT2D eigenvalue weighted by atomic mass is 16.3. The smallest absolute Gasteiger partial charge is 0.0580 e. The first-order valence-electron chi connectivity index (χ1n) is 7.37. The van der Waals surface area contributed by atoms with Gasteiger partial charge in [-0.3, -0.25) is 0 Å². The van der Waals surface area contributed by atoms with E-state index in [1.54, 1.807) is 0 Å². The van der Waals surface area contributed by atoms with Gasteiger partial charge in [0.05, 0.1) is 6.10 Å². The average Bonchev–Trinajstić information content (AvgIpc) is 2.27. The third kappa shape index (κ3) is 6.20. The summed E-state index contributed by atoms with van der Waals surface area (Å²) in [7, 11) is 0. The maximum absolute atomic E-state index is 10.0. The first-order chi connectivity index (χ1) is 8.61. The Labute approximate surface area is 112 Å². The van der Waals surface area contributed by atoms with E-state index in [9.17, 15) is 5.11 Å².